The lowest BCUT2D eigenvalue weighted by molar-refractivity contribution is -0.146. The molecule has 2 aromatic rings. The van der Waals surface area contributed by atoms with Gasteiger partial charge in [0.15, 0.2) is 0 Å². The molecule has 25 heavy (non-hydrogen) atoms. The average Bonchev–Trinajstić information content (AvgIpc) is 2.83. The van der Waals surface area contributed by atoms with E-state index in [1.165, 1.54) is 4.90 Å². The summed E-state index contributed by atoms with van der Waals surface area (Å²) in [6.45, 7) is 3.52. The lowest BCUT2D eigenvalue weighted by Crippen LogP contribution is -2.47. The fourth-order valence-corrected chi connectivity index (χ4v) is 4.12. The third kappa shape index (κ3) is 3.29. The van der Waals surface area contributed by atoms with Gasteiger partial charge >= 0.3 is 5.97 Å². The Hall–Kier alpha value is -2.25. The number of aliphatic carboxylic acids is 1. The summed E-state index contributed by atoms with van der Waals surface area (Å²) < 4.78 is 0.274. The minimum absolute atomic E-state index is 0.249. The van der Waals surface area contributed by atoms with Gasteiger partial charge < -0.3 is 5.11 Å². The molecule has 0 bridgehead atoms. The van der Waals surface area contributed by atoms with E-state index in [4.69, 9.17) is 12.2 Å². The van der Waals surface area contributed by atoms with Crippen molar-refractivity contribution in [2.75, 3.05) is 0 Å². The number of thiocarbonyl (C=S) groups is 1. The summed E-state index contributed by atoms with van der Waals surface area (Å²) in [6, 6.07) is 8.50. The van der Waals surface area contributed by atoms with Crippen LogP contribution in [-0.2, 0) is 9.59 Å². The Bertz CT molecular complexity index is 903. The van der Waals surface area contributed by atoms with Crippen molar-refractivity contribution in [3.8, 4) is 0 Å². The van der Waals surface area contributed by atoms with E-state index in [0.717, 1.165) is 28.2 Å². The first-order valence-electron chi connectivity index (χ1n) is 7.73. The molecule has 7 heteroatoms. The molecule has 5 nitrogen and oxygen atoms in total. The minimum atomic E-state index is -1.05. The van der Waals surface area contributed by atoms with E-state index in [1.807, 2.05) is 30.3 Å². The van der Waals surface area contributed by atoms with E-state index in [1.54, 1.807) is 26.1 Å². The van der Waals surface area contributed by atoms with Crippen LogP contribution in [0.2, 0.25) is 0 Å². The van der Waals surface area contributed by atoms with Gasteiger partial charge in [0.05, 0.1) is 10.4 Å². The van der Waals surface area contributed by atoms with E-state index < -0.39 is 12.0 Å². The van der Waals surface area contributed by atoms with Gasteiger partial charge in [-0.1, -0.05) is 56.0 Å². The minimum Gasteiger partial charge on any atom is -0.480 e. The van der Waals surface area contributed by atoms with Crippen molar-refractivity contribution in [1.29, 1.82) is 0 Å². The van der Waals surface area contributed by atoms with Crippen LogP contribution in [0.4, 0.5) is 0 Å². The topological polar surface area (TPSA) is 70.5 Å². The molecule has 0 spiro atoms. The van der Waals surface area contributed by atoms with E-state index in [-0.39, 0.29) is 16.1 Å². The molecule has 3 rings (SSSR count). The number of nitrogens with zero attached hydrogens (tertiary/aromatic N) is 2. The fraction of sp³-hybridized carbons (Fsp3) is 0.222. The molecule has 2 heterocycles. The van der Waals surface area contributed by atoms with Gasteiger partial charge in [0.1, 0.15) is 10.4 Å². The second-order valence-electron chi connectivity index (χ2n) is 6.00. The molecule has 1 fully saturated rings. The Morgan fingerprint density at radius 1 is 1.32 bits per heavy atom. The normalized spacial score (nSPS) is 17.7. The number of pyridine rings is 1. The van der Waals surface area contributed by atoms with Crippen LogP contribution in [0.15, 0.2) is 41.4 Å². The number of para-hydroxylation sites is 1. The number of carbonyl (C=O) groups excluding carboxylic acids is 1. The number of carboxylic acids is 1. The molecule has 0 aliphatic carbocycles. The number of benzene rings is 1. The van der Waals surface area contributed by atoms with E-state index in [0.29, 0.717) is 4.91 Å². The van der Waals surface area contributed by atoms with Crippen LogP contribution in [0.5, 0.6) is 0 Å². The van der Waals surface area contributed by atoms with Gasteiger partial charge in [0.2, 0.25) is 0 Å². The molecule has 1 aromatic carbocycles. The Morgan fingerprint density at radius 2 is 2.04 bits per heavy atom. The molecule has 1 aliphatic heterocycles. The molecular formula is C18H16N2O3S2. The number of aromatic nitrogens is 1. The number of thioether (sulfide) groups is 1. The van der Waals surface area contributed by atoms with Crippen LogP contribution < -0.4 is 0 Å². The molecule has 1 N–H and O–H groups in total. The van der Waals surface area contributed by atoms with Crippen molar-refractivity contribution in [2.24, 2.45) is 5.92 Å². The third-order valence-electron chi connectivity index (χ3n) is 3.96. The first-order chi connectivity index (χ1) is 11.9. The summed E-state index contributed by atoms with van der Waals surface area (Å²) in [7, 11) is 0. The van der Waals surface area contributed by atoms with Crippen molar-refractivity contribution in [2.45, 2.75) is 19.9 Å². The first kappa shape index (κ1) is 17.6. The van der Waals surface area contributed by atoms with E-state index in [2.05, 4.69) is 4.98 Å². The van der Waals surface area contributed by atoms with Crippen LogP contribution in [0.1, 0.15) is 19.4 Å². The third-order valence-corrected chi connectivity index (χ3v) is 5.29. The number of hydrogen-bond donors (Lipinski definition) is 1. The summed E-state index contributed by atoms with van der Waals surface area (Å²) in [6.07, 6.45) is 3.44. The number of carbonyl (C=O) groups is 2. The summed E-state index contributed by atoms with van der Waals surface area (Å²) >= 11 is 6.41. The molecular weight excluding hydrogens is 356 g/mol. The van der Waals surface area contributed by atoms with E-state index >= 15 is 0 Å². The van der Waals surface area contributed by atoms with Gasteiger partial charge in [-0.25, -0.2) is 4.79 Å². The van der Waals surface area contributed by atoms with Crippen molar-refractivity contribution in [1.82, 2.24) is 9.88 Å². The molecule has 1 aliphatic rings. The van der Waals surface area contributed by atoms with Gasteiger partial charge in [-0.15, -0.1) is 0 Å². The quantitative estimate of drug-likeness (QED) is 0.654. The summed E-state index contributed by atoms with van der Waals surface area (Å²) in [5.41, 5.74) is 1.68. The summed E-state index contributed by atoms with van der Waals surface area (Å²) in [5, 5.41) is 10.4. The molecule has 1 aromatic heterocycles. The van der Waals surface area contributed by atoms with Crippen LogP contribution in [0, 0.1) is 5.92 Å². The zero-order valence-electron chi connectivity index (χ0n) is 13.7. The maximum Gasteiger partial charge on any atom is 0.327 e. The van der Waals surface area contributed by atoms with E-state index in [9.17, 15) is 14.7 Å². The van der Waals surface area contributed by atoms with Gasteiger partial charge in [-0.05, 0) is 29.7 Å². The monoisotopic (exact) mass is 372 g/mol. The average molecular weight is 372 g/mol. The van der Waals surface area contributed by atoms with Crippen molar-refractivity contribution in [3.63, 3.8) is 0 Å². The number of rotatable bonds is 4. The van der Waals surface area contributed by atoms with Gasteiger partial charge in [0.25, 0.3) is 5.91 Å². The molecule has 1 saturated heterocycles. The zero-order valence-corrected chi connectivity index (χ0v) is 15.3. The maximum atomic E-state index is 12.8. The highest BCUT2D eigenvalue weighted by atomic mass is 32.2. The largest absolute Gasteiger partial charge is 0.480 e. The Labute approximate surface area is 154 Å². The number of fused-ring (bicyclic) bond motifs is 1. The van der Waals surface area contributed by atoms with Crippen LogP contribution in [0.25, 0.3) is 17.0 Å². The Balaban J connectivity index is 2.02. The molecule has 0 saturated carbocycles. The van der Waals surface area contributed by atoms with Crippen LogP contribution in [-0.4, -0.2) is 37.2 Å². The van der Waals surface area contributed by atoms with Gasteiger partial charge in [-0.3, -0.25) is 14.7 Å². The highest BCUT2D eigenvalue weighted by Gasteiger charge is 2.41. The van der Waals surface area contributed by atoms with Crippen molar-refractivity contribution >= 4 is 57.2 Å². The number of amides is 1. The van der Waals surface area contributed by atoms with Gasteiger partial charge in [0, 0.05) is 11.6 Å². The summed E-state index contributed by atoms with van der Waals surface area (Å²) in [5.74, 6) is -1.67. The second-order valence-corrected chi connectivity index (χ2v) is 7.67. The predicted octanol–water partition coefficient (Wildman–Crippen LogP) is 3.55. The predicted molar refractivity (Wildman–Crippen MR) is 103 cm³/mol. The zero-order chi connectivity index (χ0) is 18.1. The standard InChI is InChI=1S/C18H16N2O3S2/c1-10(2)15(17(22)23)20-16(21)14(25-18(20)24)9-11-7-8-19-13-6-4-3-5-12(11)13/h3-10,15H,1-2H3,(H,22,23)/b14-9-/t15-/m0/s1. The molecule has 1 amide bonds. The lowest BCUT2D eigenvalue weighted by Gasteiger charge is -2.26. The van der Waals surface area contributed by atoms with Crippen molar-refractivity contribution in [3.05, 3.63) is 47.0 Å². The number of carboxylic acid groups (broad SMARTS) is 1. The highest BCUT2D eigenvalue weighted by Crippen LogP contribution is 2.36. The molecule has 1 atom stereocenters. The molecule has 0 radical (unpaired) electrons. The lowest BCUT2D eigenvalue weighted by atomic mass is 10.0. The molecule has 0 unspecified atom stereocenters. The second kappa shape index (κ2) is 6.93. The molecule has 128 valence electrons. The van der Waals surface area contributed by atoms with Gasteiger partial charge in [-0.2, -0.15) is 0 Å². The van der Waals surface area contributed by atoms with Crippen LogP contribution >= 0.6 is 24.0 Å². The summed E-state index contributed by atoms with van der Waals surface area (Å²) in [4.78, 5) is 30.3. The Morgan fingerprint density at radius 3 is 2.72 bits per heavy atom. The van der Waals surface area contributed by atoms with Crippen molar-refractivity contribution < 1.29 is 14.7 Å². The van der Waals surface area contributed by atoms with Crippen LogP contribution in [0.3, 0.4) is 0 Å². The first-order valence-corrected chi connectivity index (χ1v) is 8.96. The Kier molecular flexibility index (Phi) is 4.87. The smallest absolute Gasteiger partial charge is 0.327 e. The highest BCUT2D eigenvalue weighted by molar-refractivity contribution is 8.26. The SMILES string of the molecule is CC(C)[C@@H](C(=O)O)N1C(=O)/C(=C/c2ccnc3ccccc23)SC1=S. The maximum absolute atomic E-state index is 12.8. The number of hydrogen-bond acceptors (Lipinski definition) is 5. The fourth-order valence-electron chi connectivity index (χ4n) is 2.80.